The standard InChI is InChI=1S/C15H21F2N3/c1-19-7-2-3-10-9-20(8-6-13(10)19)15-12(18)5-4-11(16)14(15)17/h4-5,10,13H,2-3,6-9,18H2,1H3. The first kappa shape index (κ1) is 13.6. The summed E-state index contributed by atoms with van der Waals surface area (Å²) in [4.78, 5) is 4.32. The molecule has 2 N–H and O–H groups in total. The number of fused-ring (bicyclic) bond motifs is 1. The predicted octanol–water partition coefficient (Wildman–Crippen LogP) is 2.47. The zero-order valence-electron chi connectivity index (χ0n) is 11.8. The summed E-state index contributed by atoms with van der Waals surface area (Å²) in [7, 11) is 2.16. The summed E-state index contributed by atoms with van der Waals surface area (Å²) >= 11 is 0. The highest BCUT2D eigenvalue weighted by atomic mass is 19.2. The van der Waals surface area contributed by atoms with Gasteiger partial charge in [0.05, 0.1) is 11.4 Å². The molecule has 0 saturated carbocycles. The third-order valence-electron chi connectivity index (χ3n) is 4.76. The van der Waals surface area contributed by atoms with Crippen LogP contribution in [0, 0.1) is 17.6 Å². The molecule has 0 spiro atoms. The molecule has 2 unspecified atom stereocenters. The van der Waals surface area contributed by atoms with E-state index in [0.717, 1.165) is 38.5 Å². The number of piperidine rings is 2. The van der Waals surface area contributed by atoms with Crippen LogP contribution in [0.3, 0.4) is 0 Å². The zero-order chi connectivity index (χ0) is 14.3. The largest absolute Gasteiger partial charge is 0.397 e. The molecule has 2 heterocycles. The Bertz CT molecular complexity index is 506. The highest BCUT2D eigenvalue weighted by molar-refractivity contribution is 5.68. The van der Waals surface area contributed by atoms with E-state index in [1.165, 1.54) is 12.5 Å². The molecular weight excluding hydrogens is 260 g/mol. The lowest BCUT2D eigenvalue weighted by atomic mass is 9.84. The Hall–Kier alpha value is -1.36. The van der Waals surface area contributed by atoms with Crippen LogP contribution in [0.5, 0.6) is 0 Å². The quantitative estimate of drug-likeness (QED) is 0.803. The fraction of sp³-hybridized carbons (Fsp3) is 0.600. The minimum Gasteiger partial charge on any atom is -0.397 e. The Morgan fingerprint density at radius 3 is 2.80 bits per heavy atom. The number of nitrogen functional groups attached to an aromatic ring is 1. The fourth-order valence-corrected chi connectivity index (χ4v) is 3.73. The molecule has 0 bridgehead atoms. The van der Waals surface area contributed by atoms with Gasteiger partial charge >= 0.3 is 0 Å². The van der Waals surface area contributed by atoms with Gasteiger partial charge in [-0.2, -0.15) is 0 Å². The second-order valence-corrected chi connectivity index (χ2v) is 5.98. The van der Waals surface area contributed by atoms with Crippen molar-refractivity contribution in [2.45, 2.75) is 25.3 Å². The summed E-state index contributed by atoms with van der Waals surface area (Å²) < 4.78 is 27.5. The molecule has 0 aromatic heterocycles. The van der Waals surface area contributed by atoms with Crippen LogP contribution in [0.2, 0.25) is 0 Å². The Morgan fingerprint density at radius 2 is 2.00 bits per heavy atom. The molecule has 110 valence electrons. The maximum Gasteiger partial charge on any atom is 0.184 e. The Labute approximate surface area is 118 Å². The van der Waals surface area contributed by atoms with E-state index in [0.29, 0.717) is 17.6 Å². The van der Waals surface area contributed by atoms with Gasteiger partial charge in [0.1, 0.15) is 0 Å². The molecule has 3 rings (SSSR count). The first-order valence-electron chi connectivity index (χ1n) is 7.26. The molecule has 2 aliphatic heterocycles. The molecule has 0 amide bonds. The van der Waals surface area contributed by atoms with E-state index in [2.05, 4.69) is 11.9 Å². The summed E-state index contributed by atoms with van der Waals surface area (Å²) in [6, 6.07) is 3.11. The first-order valence-corrected chi connectivity index (χ1v) is 7.26. The lowest BCUT2D eigenvalue weighted by Gasteiger charge is -2.46. The second kappa shape index (κ2) is 5.20. The molecule has 3 nitrogen and oxygen atoms in total. The van der Waals surface area contributed by atoms with Gasteiger partial charge in [-0.1, -0.05) is 0 Å². The van der Waals surface area contributed by atoms with Crippen LogP contribution in [0.15, 0.2) is 12.1 Å². The molecule has 0 radical (unpaired) electrons. The van der Waals surface area contributed by atoms with Crippen LogP contribution in [0.25, 0.3) is 0 Å². The number of nitrogens with zero attached hydrogens (tertiary/aromatic N) is 2. The zero-order valence-corrected chi connectivity index (χ0v) is 11.8. The highest BCUT2D eigenvalue weighted by Crippen LogP contribution is 2.35. The number of likely N-dealkylation sites (tertiary alicyclic amines) is 1. The van der Waals surface area contributed by atoms with Gasteiger partial charge in [-0.15, -0.1) is 0 Å². The van der Waals surface area contributed by atoms with Crippen LogP contribution in [-0.2, 0) is 0 Å². The normalized spacial score (nSPS) is 27.4. The number of hydrogen-bond acceptors (Lipinski definition) is 3. The van der Waals surface area contributed by atoms with Crippen molar-refractivity contribution in [2.75, 3.05) is 37.3 Å². The number of anilines is 2. The molecule has 1 aromatic rings. The van der Waals surface area contributed by atoms with E-state index in [-0.39, 0.29) is 5.69 Å². The number of hydrogen-bond donors (Lipinski definition) is 1. The average molecular weight is 281 g/mol. The van der Waals surface area contributed by atoms with Gasteiger partial charge in [0.25, 0.3) is 0 Å². The Morgan fingerprint density at radius 1 is 1.20 bits per heavy atom. The Kier molecular flexibility index (Phi) is 3.54. The average Bonchev–Trinajstić information content (AvgIpc) is 2.44. The SMILES string of the molecule is CN1CCCC2CN(c3c(N)ccc(F)c3F)CCC21. The number of rotatable bonds is 1. The number of nitrogens with two attached hydrogens (primary N) is 1. The molecular formula is C15H21F2N3. The molecule has 1 aromatic carbocycles. The van der Waals surface area contributed by atoms with Crippen molar-refractivity contribution >= 4 is 11.4 Å². The van der Waals surface area contributed by atoms with Crippen LogP contribution in [-0.4, -0.2) is 37.6 Å². The van der Waals surface area contributed by atoms with Crippen molar-refractivity contribution in [2.24, 2.45) is 5.92 Å². The smallest absolute Gasteiger partial charge is 0.184 e. The van der Waals surface area contributed by atoms with Gasteiger partial charge in [0.15, 0.2) is 11.6 Å². The van der Waals surface area contributed by atoms with E-state index in [4.69, 9.17) is 5.73 Å². The van der Waals surface area contributed by atoms with E-state index >= 15 is 0 Å². The molecule has 2 saturated heterocycles. The number of halogens is 2. The van der Waals surface area contributed by atoms with Crippen LogP contribution < -0.4 is 10.6 Å². The van der Waals surface area contributed by atoms with E-state index in [9.17, 15) is 8.78 Å². The lowest BCUT2D eigenvalue weighted by molar-refractivity contribution is 0.102. The van der Waals surface area contributed by atoms with Crippen molar-refractivity contribution in [3.05, 3.63) is 23.8 Å². The minimum absolute atomic E-state index is 0.247. The van der Waals surface area contributed by atoms with Gasteiger partial charge in [0.2, 0.25) is 0 Å². The van der Waals surface area contributed by atoms with Crippen LogP contribution >= 0.6 is 0 Å². The fourth-order valence-electron chi connectivity index (χ4n) is 3.73. The molecule has 20 heavy (non-hydrogen) atoms. The van der Waals surface area contributed by atoms with E-state index in [1.807, 2.05) is 4.90 Å². The molecule has 0 aliphatic carbocycles. The van der Waals surface area contributed by atoms with E-state index < -0.39 is 11.6 Å². The molecule has 2 aliphatic rings. The topological polar surface area (TPSA) is 32.5 Å². The number of benzene rings is 1. The monoisotopic (exact) mass is 281 g/mol. The van der Waals surface area contributed by atoms with Crippen LogP contribution in [0.1, 0.15) is 19.3 Å². The van der Waals surface area contributed by atoms with Crippen molar-refractivity contribution in [1.29, 1.82) is 0 Å². The summed E-state index contributed by atoms with van der Waals surface area (Å²) in [5.41, 5.74) is 6.43. The summed E-state index contributed by atoms with van der Waals surface area (Å²) in [5.74, 6) is -1.12. The summed E-state index contributed by atoms with van der Waals surface area (Å²) in [5, 5.41) is 0. The summed E-state index contributed by atoms with van der Waals surface area (Å²) in [6.45, 7) is 2.63. The lowest BCUT2D eigenvalue weighted by Crippen LogP contribution is -2.53. The van der Waals surface area contributed by atoms with Crippen molar-refractivity contribution in [3.8, 4) is 0 Å². The van der Waals surface area contributed by atoms with Crippen molar-refractivity contribution in [3.63, 3.8) is 0 Å². The summed E-state index contributed by atoms with van der Waals surface area (Å²) in [6.07, 6.45) is 3.31. The van der Waals surface area contributed by atoms with Gasteiger partial charge in [-0.3, -0.25) is 0 Å². The highest BCUT2D eigenvalue weighted by Gasteiger charge is 2.35. The predicted molar refractivity (Wildman–Crippen MR) is 76.7 cm³/mol. The van der Waals surface area contributed by atoms with Gasteiger partial charge < -0.3 is 15.5 Å². The second-order valence-electron chi connectivity index (χ2n) is 5.98. The van der Waals surface area contributed by atoms with Gasteiger partial charge in [-0.25, -0.2) is 8.78 Å². The molecule has 2 atom stereocenters. The Balaban J connectivity index is 1.85. The third-order valence-corrected chi connectivity index (χ3v) is 4.76. The van der Waals surface area contributed by atoms with Gasteiger partial charge in [-0.05, 0) is 50.9 Å². The van der Waals surface area contributed by atoms with Crippen molar-refractivity contribution in [1.82, 2.24) is 4.90 Å². The third kappa shape index (κ3) is 2.24. The maximum atomic E-state index is 14.0. The van der Waals surface area contributed by atoms with E-state index in [1.54, 1.807) is 0 Å². The first-order chi connectivity index (χ1) is 9.58. The minimum atomic E-state index is -0.822. The van der Waals surface area contributed by atoms with Crippen molar-refractivity contribution < 1.29 is 8.78 Å². The maximum absolute atomic E-state index is 14.0. The van der Waals surface area contributed by atoms with Crippen LogP contribution in [0.4, 0.5) is 20.2 Å². The molecule has 5 heteroatoms. The van der Waals surface area contributed by atoms with Gasteiger partial charge in [0, 0.05) is 19.1 Å². The molecule has 2 fully saturated rings.